The van der Waals surface area contributed by atoms with Gasteiger partial charge in [-0.25, -0.2) is 9.78 Å². The lowest BCUT2D eigenvalue weighted by molar-refractivity contribution is -0.132. The van der Waals surface area contributed by atoms with Gasteiger partial charge in [0.15, 0.2) is 5.16 Å². The molecule has 0 N–H and O–H groups in total. The summed E-state index contributed by atoms with van der Waals surface area (Å²) >= 11 is 1.35. The fourth-order valence-electron chi connectivity index (χ4n) is 5.03. The van der Waals surface area contributed by atoms with Crippen LogP contribution < -0.4 is 5.56 Å². The van der Waals surface area contributed by atoms with E-state index in [4.69, 9.17) is 9.72 Å². The second-order valence-electron chi connectivity index (χ2n) is 8.94. The number of benzene rings is 1. The Labute approximate surface area is 204 Å². The van der Waals surface area contributed by atoms with E-state index in [0.717, 1.165) is 25.8 Å². The second kappa shape index (κ2) is 11.3. The van der Waals surface area contributed by atoms with Gasteiger partial charge in [-0.15, -0.1) is 0 Å². The van der Waals surface area contributed by atoms with Crippen LogP contribution in [0.25, 0.3) is 10.9 Å². The van der Waals surface area contributed by atoms with Gasteiger partial charge in [-0.05, 0) is 57.6 Å². The zero-order valence-corrected chi connectivity index (χ0v) is 20.9. The summed E-state index contributed by atoms with van der Waals surface area (Å²) in [6, 6.07) is 7.58. The molecule has 0 radical (unpaired) electrons. The maximum atomic E-state index is 13.5. The van der Waals surface area contributed by atoms with Gasteiger partial charge in [-0.1, -0.05) is 30.8 Å². The molecular formula is C25H34N4O4S. The highest BCUT2D eigenvalue weighted by Gasteiger charge is 2.29. The molecule has 0 saturated carbocycles. The number of rotatable bonds is 6. The van der Waals surface area contributed by atoms with Crippen LogP contribution in [0.3, 0.4) is 0 Å². The topological polar surface area (TPSA) is 84.7 Å². The quantitative estimate of drug-likeness (QED) is 0.452. The molecule has 4 rings (SSSR count). The van der Waals surface area contributed by atoms with Crippen LogP contribution in [-0.2, 0) is 9.53 Å². The number of ether oxygens (including phenoxy) is 1. The van der Waals surface area contributed by atoms with E-state index in [9.17, 15) is 14.4 Å². The number of hydrogen-bond donors (Lipinski definition) is 0. The summed E-state index contributed by atoms with van der Waals surface area (Å²) in [6.07, 6.45) is 5.22. The molecule has 184 valence electrons. The molecule has 2 saturated heterocycles. The van der Waals surface area contributed by atoms with Crippen molar-refractivity contribution >= 4 is 34.7 Å². The molecule has 2 amide bonds. The first-order valence-corrected chi connectivity index (χ1v) is 13.4. The van der Waals surface area contributed by atoms with E-state index in [-0.39, 0.29) is 29.4 Å². The number of likely N-dealkylation sites (tertiary alicyclic amines) is 2. The fourth-order valence-corrected chi connectivity index (χ4v) is 5.99. The van der Waals surface area contributed by atoms with Crippen LogP contribution in [0.5, 0.6) is 0 Å². The van der Waals surface area contributed by atoms with Crippen molar-refractivity contribution in [3.05, 3.63) is 34.6 Å². The maximum absolute atomic E-state index is 13.5. The van der Waals surface area contributed by atoms with Gasteiger partial charge in [0.2, 0.25) is 5.91 Å². The molecule has 8 nitrogen and oxygen atoms in total. The number of piperidine rings is 2. The lowest BCUT2D eigenvalue weighted by Crippen LogP contribution is -2.44. The average Bonchev–Trinajstić information content (AvgIpc) is 2.87. The van der Waals surface area contributed by atoms with E-state index in [2.05, 4.69) is 6.92 Å². The first kappa shape index (κ1) is 24.6. The van der Waals surface area contributed by atoms with Crippen molar-refractivity contribution < 1.29 is 14.3 Å². The van der Waals surface area contributed by atoms with Crippen molar-refractivity contribution in [2.75, 3.05) is 32.0 Å². The average molecular weight is 487 g/mol. The lowest BCUT2D eigenvalue weighted by Gasteiger charge is -2.35. The van der Waals surface area contributed by atoms with Crippen LogP contribution in [0.4, 0.5) is 4.79 Å². The van der Waals surface area contributed by atoms with Crippen LogP contribution in [0.15, 0.2) is 34.2 Å². The molecule has 9 heteroatoms. The Bertz CT molecular complexity index is 1080. The molecule has 2 fully saturated rings. The fraction of sp³-hybridized carbons (Fsp3) is 0.600. The summed E-state index contributed by atoms with van der Waals surface area (Å²) in [5.74, 6) is 0.380. The summed E-state index contributed by atoms with van der Waals surface area (Å²) in [5.41, 5.74) is 0.562. The normalized spacial score (nSPS) is 19.4. The molecule has 1 aromatic heterocycles. The number of aromatic nitrogens is 2. The van der Waals surface area contributed by atoms with E-state index in [1.54, 1.807) is 22.5 Å². The summed E-state index contributed by atoms with van der Waals surface area (Å²) in [6.45, 7) is 6.13. The number of para-hydroxylation sites is 1. The zero-order valence-electron chi connectivity index (χ0n) is 20.1. The molecule has 1 unspecified atom stereocenters. The van der Waals surface area contributed by atoms with E-state index in [1.165, 1.54) is 18.2 Å². The molecule has 34 heavy (non-hydrogen) atoms. The number of thioether (sulfide) groups is 1. The first-order chi connectivity index (χ1) is 16.5. The number of hydrogen-bond acceptors (Lipinski definition) is 6. The SMILES string of the molecule is CCOC(=O)N1CCC(n2c(SCC(=O)N3CCCCC3CC)nc3ccccc3c2=O)CC1. The van der Waals surface area contributed by atoms with E-state index in [0.29, 0.717) is 54.6 Å². The van der Waals surface area contributed by atoms with Crippen molar-refractivity contribution in [2.45, 2.75) is 69.6 Å². The smallest absolute Gasteiger partial charge is 0.409 e. The Morgan fingerprint density at radius 1 is 1.09 bits per heavy atom. The molecule has 0 aliphatic carbocycles. The largest absolute Gasteiger partial charge is 0.450 e. The number of amides is 2. The predicted octanol–water partition coefficient (Wildman–Crippen LogP) is 4.07. The highest BCUT2D eigenvalue weighted by Crippen LogP contribution is 2.29. The molecule has 1 aromatic carbocycles. The molecule has 2 aliphatic heterocycles. The molecule has 3 heterocycles. The van der Waals surface area contributed by atoms with Crippen LogP contribution in [0.1, 0.15) is 58.4 Å². The van der Waals surface area contributed by atoms with E-state index >= 15 is 0 Å². The van der Waals surface area contributed by atoms with Gasteiger partial charge >= 0.3 is 6.09 Å². The van der Waals surface area contributed by atoms with Crippen molar-refractivity contribution in [1.82, 2.24) is 19.4 Å². The summed E-state index contributed by atoms with van der Waals surface area (Å²) in [4.78, 5) is 47.2. The molecule has 0 bridgehead atoms. The van der Waals surface area contributed by atoms with Gasteiger partial charge in [0.25, 0.3) is 5.56 Å². The van der Waals surface area contributed by atoms with Gasteiger partial charge in [0.05, 0.1) is 23.3 Å². The number of carbonyl (C=O) groups is 2. The van der Waals surface area contributed by atoms with Crippen LogP contribution in [-0.4, -0.2) is 69.4 Å². The van der Waals surface area contributed by atoms with Crippen LogP contribution in [0.2, 0.25) is 0 Å². The number of nitrogens with zero attached hydrogens (tertiary/aromatic N) is 4. The minimum absolute atomic E-state index is 0.0775. The Kier molecular flexibility index (Phi) is 8.13. The molecule has 0 spiro atoms. The lowest BCUT2D eigenvalue weighted by atomic mass is 10.0. The Balaban J connectivity index is 1.56. The highest BCUT2D eigenvalue weighted by atomic mass is 32.2. The first-order valence-electron chi connectivity index (χ1n) is 12.4. The summed E-state index contributed by atoms with van der Waals surface area (Å²) in [7, 11) is 0. The molecular weight excluding hydrogens is 452 g/mol. The Morgan fingerprint density at radius 3 is 2.59 bits per heavy atom. The molecule has 2 aromatic rings. The predicted molar refractivity (Wildman–Crippen MR) is 133 cm³/mol. The third-order valence-electron chi connectivity index (χ3n) is 6.87. The minimum Gasteiger partial charge on any atom is -0.450 e. The van der Waals surface area contributed by atoms with E-state index in [1.807, 2.05) is 23.1 Å². The zero-order chi connectivity index (χ0) is 24.1. The molecule has 1 atom stereocenters. The van der Waals surface area contributed by atoms with Crippen molar-refractivity contribution in [3.63, 3.8) is 0 Å². The third-order valence-corrected chi connectivity index (χ3v) is 7.81. The van der Waals surface area contributed by atoms with Gasteiger partial charge in [-0.3, -0.25) is 14.2 Å². The standard InChI is InChI=1S/C25H34N4O4S/c1-3-18-9-7-8-14-28(18)22(30)17-34-24-26-21-11-6-5-10-20(21)23(31)29(24)19-12-15-27(16-13-19)25(32)33-4-2/h5-6,10-11,18-19H,3-4,7-9,12-17H2,1-2H3. The van der Waals surface area contributed by atoms with Crippen LogP contribution in [0, 0.1) is 0 Å². The number of fused-ring (bicyclic) bond motifs is 1. The van der Waals surface area contributed by atoms with E-state index < -0.39 is 0 Å². The summed E-state index contributed by atoms with van der Waals surface area (Å²) in [5, 5.41) is 1.16. The maximum Gasteiger partial charge on any atom is 0.409 e. The van der Waals surface area contributed by atoms with Crippen molar-refractivity contribution in [1.29, 1.82) is 0 Å². The van der Waals surface area contributed by atoms with Crippen molar-refractivity contribution in [2.24, 2.45) is 0 Å². The van der Waals surface area contributed by atoms with Crippen molar-refractivity contribution in [3.8, 4) is 0 Å². The Morgan fingerprint density at radius 2 is 1.85 bits per heavy atom. The molecule has 2 aliphatic rings. The minimum atomic E-state index is -0.308. The number of carbonyl (C=O) groups excluding carboxylic acids is 2. The third kappa shape index (κ3) is 5.24. The highest BCUT2D eigenvalue weighted by molar-refractivity contribution is 7.99. The van der Waals surface area contributed by atoms with Gasteiger partial charge in [-0.2, -0.15) is 0 Å². The van der Waals surface area contributed by atoms with Gasteiger partial charge in [0.1, 0.15) is 0 Å². The van der Waals surface area contributed by atoms with Gasteiger partial charge < -0.3 is 14.5 Å². The van der Waals surface area contributed by atoms with Gasteiger partial charge in [0, 0.05) is 31.7 Å². The second-order valence-corrected chi connectivity index (χ2v) is 9.88. The van der Waals surface area contributed by atoms with Crippen LogP contribution >= 0.6 is 11.8 Å². The summed E-state index contributed by atoms with van der Waals surface area (Å²) < 4.78 is 6.89. The monoisotopic (exact) mass is 486 g/mol. The Hall–Kier alpha value is -2.55.